The molecule has 1 aromatic carbocycles. The third-order valence-electron chi connectivity index (χ3n) is 3.38. The predicted octanol–water partition coefficient (Wildman–Crippen LogP) is 2.21. The number of carbonyl (C=O) groups excluding carboxylic acids is 1. The summed E-state index contributed by atoms with van der Waals surface area (Å²) in [4.78, 5) is 11.7. The number of hydrogen-bond donors (Lipinski definition) is 1. The SMILES string of the molecule is COc1ccc(CN(C)S(=O)(=O)c2ccc(CNC(C)=O)s2)cc1. The molecule has 0 aliphatic rings. The number of nitrogens with one attached hydrogen (secondary N) is 1. The summed E-state index contributed by atoms with van der Waals surface area (Å²) < 4.78 is 31.9. The van der Waals surface area contributed by atoms with E-state index in [4.69, 9.17) is 4.74 Å². The Morgan fingerprint density at radius 3 is 2.46 bits per heavy atom. The van der Waals surface area contributed by atoms with Gasteiger partial charge < -0.3 is 10.1 Å². The molecule has 1 aromatic heterocycles. The number of sulfonamides is 1. The third-order valence-corrected chi connectivity index (χ3v) is 6.73. The maximum atomic E-state index is 12.6. The quantitative estimate of drug-likeness (QED) is 0.813. The van der Waals surface area contributed by atoms with Crippen LogP contribution in [0.5, 0.6) is 5.75 Å². The van der Waals surface area contributed by atoms with Gasteiger partial charge in [0.15, 0.2) is 0 Å². The molecule has 0 radical (unpaired) electrons. The van der Waals surface area contributed by atoms with E-state index >= 15 is 0 Å². The van der Waals surface area contributed by atoms with Crippen LogP contribution in [0.2, 0.25) is 0 Å². The summed E-state index contributed by atoms with van der Waals surface area (Å²) in [6.07, 6.45) is 0. The van der Waals surface area contributed by atoms with Gasteiger partial charge in [-0.1, -0.05) is 12.1 Å². The van der Waals surface area contributed by atoms with E-state index in [0.29, 0.717) is 6.54 Å². The molecule has 1 heterocycles. The standard InChI is InChI=1S/C16H20N2O4S2/c1-12(19)17-10-15-8-9-16(23-15)24(20,21)18(2)11-13-4-6-14(22-3)7-5-13/h4-9H,10-11H2,1-3H3,(H,17,19). The lowest BCUT2D eigenvalue weighted by Crippen LogP contribution is -2.25. The largest absolute Gasteiger partial charge is 0.497 e. The van der Waals surface area contributed by atoms with Gasteiger partial charge in [-0.25, -0.2) is 8.42 Å². The molecule has 0 unspecified atom stereocenters. The van der Waals surface area contributed by atoms with Gasteiger partial charge in [0.05, 0.1) is 13.7 Å². The van der Waals surface area contributed by atoms with Gasteiger partial charge in [0.25, 0.3) is 10.0 Å². The maximum Gasteiger partial charge on any atom is 0.252 e. The Hall–Kier alpha value is -1.90. The Balaban J connectivity index is 2.09. The minimum atomic E-state index is -3.56. The van der Waals surface area contributed by atoms with E-state index in [-0.39, 0.29) is 16.7 Å². The Bertz CT molecular complexity index is 798. The number of ether oxygens (including phenoxy) is 1. The predicted molar refractivity (Wildman–Crippen MR) is 93.5 cm³/mol. The molecule has 0 aliphatic heterocycles. The van der Waals surface area contributed by atoms with E-state index in [1.165, 1.54) is 11.2 Å². The fourth-order valence-corrected chi connectivity index (χ4v) is 4.70. The van der Waals surface area contributed by atoms with Gasteiger partial charge >= 0.3 is 0 Å². The number of benzene rings is 1. The van der Waals surface area contributed by atoms with Crippen LogP contribution >= 0.6 is 11.3 Å². The van der Waals surface area contributed by atoms with E-state index in [0.717, 1.165) is 27.5 Å². The third kappa shape index (κ3) is 4.56. The van der Waals surface area contributed by atoms with Crippen molar-refractivity contribution in [3.05, 3.63) is 46.8 Å². The summed E-state index contributed by atoms with van der Waals surface area (Å²) in [5.41, 5.74) is 0.872. The highest BCUT2D eigenvalue weighted by Crippen LogP contribution is 2.25. The molecule has 130 valence electrons. The number of carbonyl (C=O) groups is 1. The summed E-state index contributed by atoms with van der Waals surface area (Å²) in [5, 5.41) is 2.66. The van der Waals surface area contributed by atoms with Crippen LogP contribution in [-0.4, -0.2) is 32.8 Å². The van der Waals surface area contributed by atoms with Crippen LogP contribution in [0.25, 0.3) is 0 Å². The van der Waals surface area contributed by atoms with Crippen LogP contribution in [0.15, 0.2) is 40.6 Å². The maximum absolute atomic E-state index is 12.6. The Kier molecular flexibility index (Phi) is 5.98. The molecule has 8 heteroatoms. The lowest BCUT2D eigenvalue weighted by Gasteiger charge is -2.16. The fraction of sp³-hybridized carbons (Fsp3) is 0.312. The second-order valence-electron chi connectivity index (χ2n) is 5.24. The van der Waals surface area contributed by atoms with E-state index in [1.54, 1.807) is 38.4 Å². The van der Waals surface area contributed by atoms with Crippen LogP contribution in [0.3, 0.4) is 0 Å². The molecule has 24 heavy (non-hydrogen) atoms. The van der Waals surface area contributed by atoms with Gasteiger partial charge in [0, 0.05) is 25.4 Å². The first-order chi connectivity index (χ1) is 11.3. The van der Waals surface area contributed by atoms with Crippen molar-refractivity contribution < 1.29 is 17.9 Å². The molecule has 2 aromatic rings. The van der Waals surface area contributed by atoms with Crippen LogP contribution in [0, 0.1) is 0 Å². The first-order valence-corrected chi connectivity index (χ1v) is 9.51. The highest BCUT2D eigenvalue weighted by atomic mass is 32.2. The number of thiophene rings is 1. The summed E-state index contributed by atoms with van der Waals surface area (Å²) in [5.74, 6) is 0.578. The highest BCUT2D eigenvalue weighted by molar-refractivity contribution is 7.91. The van der Waals surface area contributed by atoms with Gasteiger partial charge in [-0.3, -0.25) is 4.79 Å². The lowest BCUT2D eigenvalue weighted by molar-refractivity contribution is -0.119. The molecule has 0 atom stereocenters. The normalized spacial score (nSPS) is 11.5. The molecule has 0 bridgehead atoms. The van der Waals surface area contributed by atoms with E-state index in [9.17, 15) is 13.2 Å². The number of rotatable bonds is 7. The van der Waals surface area contributed by atoms with Gasteiger partial charge in [-0.05, 0) is 29.8 Å². The number of hydrogen-bond acceptors (Lipinski definition) is 5. The van der Waals surface area contributed by atoms with Crippen LogP contribution in [-0.2, 0) is 27.9 Å². The van der Waals surface area contributed by atoms with Crippen molar-refractivity contribution in [1.29, 1.82) is 0 Å². The van der Waals surface area contributed by atoms with Crippen molar-refractivity contribution in [3.63, 3.8) is 0 Å². The lowest BCUT2D eigenvalue weighted by atomic mass is 10.2. The molecule has 0 saturated carbocycles. The van der Waals surface area contributed by atoms with Crippen molar-refractivity contribution in [1.82, 2.24) is 9.62 Å². The highest BCUT2D eigenvalue weighted by Gasteiger charge is 2.23. The summed E-state index contributed by atoms with van der Waals surface area (Å²) >= 11 is 1.16. The second kappa shape index (κ2) is 7.78. The topological polar surface area (TPSA) is 75.7 Å². The number of amides is 1. The molecule has 0 spiro atoms. The van der Waals surface area contributed by atoms with Crippen LogP contribution < -0.4 is 10.1 Å². The minimum Gasteiger partial charge on any atom is -0.497 e. The first kappa shape index (κ1) is 18.4. The zero-order valence-electron chi connectivity index (χ0n) is 13.8. The summed E-state index contributed by atoms with van der Waals surface area (Å²) in [6, 6.07) is 10.6. The van der Waals surface area contributed by atoms with Crippen molar-refractivity contribution in [2.45, 2.75) is 24.2 Å². The number of nitrogens with zero attached hydrogens (tertiary/aromatic N) is 1. The molecule has 2 rings (SSSR count). The van der Waals surface area contributed by atoms with Crippen molar-refractivity contribution in [2.24, 2.45) is 0 Å². The summed E-state index contributed by atoms with van der Waals surface area (Å²) in [6.45, 7) is 2.02. The van der Waals surface area contributed by atoms with E-state index in [1.807, 2.05) is 12.1 Å². The first-order valence-electron chi connectivity index (χ1n) is 7.25. The molecule has 1 amide bonds. The minimum absolute atomic E-state index is 0.149. The molecule has 0 aliphatic carbocycles. The van der Waals surface area contributed by atoms with Gasteiger partial charge in [-0.15, -0.1) is 11.3 Å². The van der Waals surface area contributed by atoms with Crippen LogP contribution in [0.4, 0.5) is 0 Å². The average Bonchev–Trinajstić information content (AvgIpc) is 3.03. The van der Waals surface area contributed by atoms with Crippen molar-refractivity contribution in [3.8, 4) is 5.75 Å². The average molecular weight is 368 g/mol. The molecular weight excluding hydrogens is 348 g/mol. The fourth-order valence-electron chi connectivity index (χ4n) is 2.03. The molecule has 0 fully saturated rings. The van der Waals surface area contributed by atoms with Gasteiger partial charge in [0.1, 0.15) is 9.96 Å². The number of methoxy groups -OCH3 is 1. The Morgan fingerprint density at radius 1 is 1.21 bits per heavy atom. The zero-order valence-corrected chi connectivity index (χ0v) is 15.4. The van der Waals surface area contributed by atoms with E-state index in [2.05, 4.69) is 5.32 Å². The molecule has 1 N–H and O–H groups in total. The van der Waals surface area contributed by atoms with E-state index < -0.39 is 10.0 Å². The zero-order chi connectivity index (χ0) is 17.7. The monoisotopic (exact) mass is 368 g/mol. The molecular formula is C16H20N2O4S2. The second-order valence-corrected chi connectivity index (χ2v) is 8.68. The Morgan fingerprint density at radius 2 is 1.88 bits per heavy atom. The van der Waals surface area contributed by atoms with Crippen molar-refractivity contribution in [2.75, 3.05) is 14.2 Å². The van der Waals surface area contributed by atoms with Gasteiger partial charge in [0.2, 0.25) is 5.91 Å². The van der Waals surface area contributed by atoms with Crippen LogP contribution in [0.1, 0.15) is 17.4 Å². The smallest absolute Gasteiger partial charge is 0.252 e. The van der Waals surface area contributed by atoms with Crippen molar-refractivity contribution >= 4 is 27.3 Å². The summed E-state index contributed by atoms with van der Waals surface area (Å²) in [7, 11) is -0.430. The Labute approximate surface area is 146 Å². The molecule has 6 nitrogen and oxygen atoms in total. The van der Waals surface area contributed by atoms with Gasteiger partial charge in [-0.2, -0.15) is 4.31 Å². The molecule has 0 saturated heterocycles.